The molecule has 0 aromatic carbocycles. The van der Waals surface area contributed by atoms with E-state index in [2.05, 4.69) is 14.5 Å². The minimum Gasteiger partial charge on any atom is -0.383 e. The number of ether oxygens (including phenoxy) is 1. The first-order valence-corrected chi connectivity index (χ1v) is 6.05. The molecule has 4 nitrogen and oxygen atoms in total. The van der Waals surface area contributed by atoms with Crippen molar-refractivity contribution in [1.82, 2.24) is 14.5 Å². The van der Waals surface area contributed by atoms with E-state index in [0.717, 1.165) is 38.5 Å². The third kappa shape index (κ3) is 4.51. The van der Waals surface area contributed by atoms with Crippen LogP contribution in [0.25, 0.3) is 0 Å². The third-order valence-corrected chi connectivity index (χ3v) is 2.75. The average Bonchev–Trinajstić information content (AvgIpc) is 2.68. The third-order valence-electron chi connectivity index (χ3n) is 2.58. The minimum absolute atomic E-state index is 0.657. The molecule has 1 aromatic rings. The van der Waals surface area contributed by atoms with Gasteiger partial charge in [-0.3, -0.25) is 4.90 Å². The SMILES string of the molecule is COCCN(CCCl)CCc1nccn1C. The number of methoxy groups -OCH3 is 1. The van der Waals surface area contributed by atoms with E-state index in [0.29, 0.717) is 5.88 Å². The van der Waals surface area contributed by atoms with Crippen LogP contribution in [-0.2, 0) is 18.2 Å². The summed E-state index contributed by atoms with van der Waals surface area (Å²) >= 11 is 5.76. The van der Waals surface area contributed by atoms with Crippen LogP contribution in [0.1, 0.15) is 5.82 Å². The van der Waals surface area contributed by atoms with E-state index in [4.69, 9.17) is 16.3 Å². The van der Waals surface area contributed by atoms with Gasteiger partial charge in [0.2, 0.25) is 0 Å². The van der Waals surface area contributed by atoms with Crippen molar-refractivity contribution < 1.29 is 4.74 Å². The molecule has 0 bridgehead atoms. The highest BCUT2D eigenvalue weighted by Crippen LogP contribution is 1.99. The second-order valence-corrected chi connectivity index (χ2v) is 4.11. The van der Waals surface area contributed by atoms with E-state index < -0.39 is 0 Å². The fraction of sp³-hybridized carbons (Fsp3) is 0.727. The number of rotatable bonds is 8. The van der Waals surface area contributed by atoms with Crippen molar-refractivity contribution in [1.29, 1.82) is 0 Å². The van der Waals surface area contributed by atoms with Crippen molar-refractivity contribution >= 4 is 11.6 Å². The zero-order valence-corrected chi connectivity index (χ0v) is 10.8. The Bertz CT molecular complexity index is 291. The molecular weight excluding hydrogens is 226 g/mol. The Hall–Kier alpha value is -0.580. The number of hydrogen-bond donors (Lipinski definition) is 0. The lowest BCUT2D eigenvalue weighted by Crippen LogP contribution is -2.31. The van der Waals surface area contributed by atoms with Crippen molar-refractivity contribution in [2.45, 2.75) is 6.42 Å². The first-order chi connectivity index (χ1) is 7.77. The van der Waals surface area contributed by atoms with Crippen molar-refractivity contribution in [2.24, 2.45) is 7.05 Å². The zero-order chi connectivity index (χ0) is 11.8. The van der Waals surface area contributed by atoms with E-state index in [1.807, 2.05) is 19.4 Å². The van der Waals surface area contributed by atoms with Gasteiger partial charge in [-0.25, -0.2) is 4.98 Å². The lowest BCUT2D eigenvalue weighted by atomic mass is 10.3. The molecule has 1 rings (SSSR count). The first-order valence-electron chi connectivity index (χ1n) is 5.51. The van der Waals surface area contributed by atoms with Gasteiger partial charge in [0.15, 0.2) is 0 Å². The van der Waals surface area contributed by atoms with Crippen LogP contribution in [0.5, 0.6) is 0 Å². The van der Waals surface area contributed by atoms with Gasteiger partial charge in [-0.1, -0.05) is 0 Å². The molecule has 0 radical (unpaired) electrons. The maximum Gasteiger partial charge on any atom is 0.109 e. The molecule has 1 aromatic heterocycles. The lowest BCUT2D eigenvalue weighted by Gasteiger charge is -2.20. The molecule has 92 valence electrons. The molecule has 0 aliphatic carbocycles. The van der Waals surface area contributed by atoms with Gasteiger partial charge in [-0.15, -0.1) is 11.6 Å². The van der Waals surface area contributed by atoms with Crippen LogP contribution in [0, 0.1) is 0 Å². The molecule has 0 spiro atoms. The Balaban J connectivity index is 2.34. The molecule has 0 saturated heterocycles. The van der Waals surface area contributed by atoms with Crippen LogP contribution in [-0.4, -0.2) is 53.7 Å². The largest absolute Gasteiger partial charge is 0.383 e. The van der Waals surface area contributed by atoms with Crippen LogP contribution < -0.4 is 0 Å². The van der Waals surface area contributed by atoms with E-state index >= 15 is 0 Å². The molecule has 1 heterocycles. The van der Waals surface area contributed by atoms with Crippen molar-refractivity contribution in [3.05, 3.63) is 18.2 Å². The Labute approximate surface area is 102 Å². The van der Waals surface area contributed by atoms with E-state index in [-0.39, 0.29) is 0 Å². The van der Waals surface area contributed by atoms with Gasteiger partial charge in [0.25, 0.3) is 0 Å². The molecule has 0 atom stereocenters. The second-order valence-electron chi connectivity index (χ2n) is 3.73. The summed E-state index contributed by atoms with van der Waals surface area (Å²) in [6, 6.07) is 0. The molecule has 0 unspecified atom stereocenters. The fourth-order valence-electron chi connectivity index (χ4n) is 1.57. The van der Waals surface area contributed by atoms with Gasteiger partial charge < -0.3 is 9.30 Å². The van der Waals surface area contributed by atoms with Gasteiger partial charge >= 0.3 is 0 Å². The molecule has 0 fully saturated rings. The maximum absolute atomic E-state index is 5.76. The monoisotopic (exact) mass is 245 g/mol. The summed E-state index contributed by atoms with van der Waals surface area (Å²) in [5, 5.41) is 0. The molecule has 0 saturated carbocycles. The average molecular weight is 246 g/mol. The molecule has 0 aliphatic heterocycles. The number of alkyl halides is 1. The molecule has 0 N–H and O–H groups in total. The van der Waals surface area contributed by atoms with Crippen molar-refractivity contribution in [3.8, 4) is 0 Å². The van der Waals surface area contributed by atoms with Gasteiger partial charge in [0.05, 0.1) is 6.61 Å². The lowest BCUT2D eigenvalue weighted by molar-refractivity contribution is 0.151. The number of aromatic nitrogens is 2. The molecule has 0 aliphatic rings. The van der Waals surface area contributed by atoms with Crippen LogP contribution >= 0.6 is 11.6 Å². The normalized spacial score (nSPS) is 11.2. The van der Waals surface area contributed by atoms with E-state index in [1.165, 1.54) is 0 Å². The Morgan fingerprint density at radius 1 is 1.44 bits per heavy atom. The van der Waals surface area contributed by atoms with Crippen LogP contribution in [0.4, 0.5) is 0 Å². The summed E-state index contributed by atoms with van der Waals surface area (Å²) in [7, 11) is 3.74. The molecule has 5 heteroatoms. The van der Waals surface area contributed by atoms with Gasteiger partial charge in [-0.05, 0) is 0 Å². The predicted molar refractivity (Wildman–Crippen MR) is 65.9 cm³/mol. The topological polar surface area (TPSA) is 30.3 Å². The number of aryl methyl sites for hydroxylation is 1. The standard InChI is InChI=1S/C11H20ClN3O/c1-14-8-5-13-11(14)3-6-15(7-4-12)9-10-16-2/h5,8H,3-4,6-7,9-10H2,1-2H3. The summed E-state index contributed by atoms with van der Waals surface area (Å²) in [5.41, 5.74) is 0. The number of nitrogens with zero attached hydrogens (tertiary/aromatic N) is 3. The van der Waals surface area contributed by atoms with E-state index in [9.17, 15) is 0 Å². The smallest absolute Gasteiger partial charge is 0.109 e. The summed E-state index contributed by atoms with van der Waals surface area (Å²) in [4.78, 5) is 6.60. The van der Waals surface area contributed by atoms with Crippen LogP contribution in [0.3, 0.4) is 0 Å². The van der Waals surface area contributed by atoms with Gasteiger partial charge in [0, 0.05) is 58.5 Å². The van der Waals surface area contributed by atoms with Gasteiger partial charge in [-0.2, -0.15) is 0 Å². The molecule has 0 amide bonds. The van der Waals surface area contributed by atoms with Crippen molar-refractivity contribution in [2.75, 3.05) is 39.2 Å². The highest BCUT2D eigenvalue weighted by molar-refractivity contribution is 6.18. The highest BCUT2D eigenvalue weighted by Gasteiger charge is 2.06. The number of hydrogen-bond acceptors (Lipinski definition) is 3. The van der Waals surface area contributed by atoms with Crippen LogP contribution in [0.15, 0.2) is 12.4 Å². The summed E-state index contributed by atoms with van der Waals surface area (Å²) in [5.74, 6) is 1.77. The second kappa shape index (κ2) is 7.65. The van der Waals surface area contributed by atoms with Gasteiger partial charge in [0.1, 0.15) is 5.82 Å². The highest BCUT2D eigenvalue weighted by atomic mass is 35.5. The first kappa shape index (κ1) is 13.5. The fourth-order valence-corrected chi connectivity index (χ4v) is 1.81. The molecular formula is C11H20ClN3O. The summed E-state index contributed by atoms with van der Waals surface area (Å²) in [6.07, 6.45) is 4.75. The molecule has 16 heavy (non-hydrogen) atoms. The summed E-state index contributed by atoms with van der Waals surface area (Å²) < 4.78 is 7.12. The quantitative estimate of drug-likeness (QED) is 0.644. The van der Waals surface area contributed by atoms with E-state index in [1.54, 1.807) is 7.11 Å². The van der Waals surface area contributed by atoms with Crippen molar-refractivity contribution in [3.63, 3.8) is 0 Å². The Morgan fingerprint density at radius 2 is 2.25 bits per heavy atom. The minimum atomic E-state index is 0.657. The summed E-state index contributed by atoms with van der Waals surface area (Å²) in [6.45, 7) is 3.54. The number of imidazole rings is 1. The Kier molecular flexibility index (Phi) is 6.45. The maximum atomic E-state index is 5.76. The zero-order valence-electron chi connectivity index (χ0n) is 10.0. The Morgan fingerprint density at radius 3 is 2.81 bits per heavy atom. The number of halogens is 1. The van der Waals surface area contributed by atoms with Crippen LogP contribution in [0.2, 0.25) is 0 Å². The predicted octanol–water partition coefficient (Wildman–Crippen LogP) is 1.15.